The van der Waals surface area contributed by atoms with Crippen LogP contribution in [0.3, 0.4) is 0 Å². The predicted molar refractivity (Wildman–Crippen MR) is 105 cm³/mol. The largest absolute Gasteiger partial charge is 2.00 e. The van der Waals surface area contributed by atoms with Gasteiger partial charge in [0, 0.05) is 22.9 Å². The average molecular weight is 594 g/mol. The Balaban J connectivity index is 0.00000272. The van der Waals surface area contributed by atoms with Crippen molar-refractivity contribution in [2.75, 3.05) is 0 Å². The molecule has 0 N–H and O–H groups in total. The predicted octanol–water partition coefficient (Wildman–Crippen LogP) is 4.40. The molecule has 0 saturated heterocycles. The molecular formula is C23H15F2N5Pt. The van der Waals surface area contributed by atoms with Gasteiger partial charge in [-0.2, -0.15) is 0 Å². The second kappa shape index (κ2) is 8.87. The van der Waals surface area contributed by atoms with E-state index in [1.54, 1.807) is 29.0 Å². The fourth-order valence-corrected chi connectivity index (χ4v) is 3.06. The van der Waals surface area contributed by atoms with Crippen LogP contribution in [0.1, 0.15) is 30.8 Å². The molecule has 0 aliphatic rings. The molecule has 31 heavy (non-hydrogen) atoms. The minimum Gasteiger partial charge on any atom is -0.434 e. The van der Waals surface area contributed by atoms with Crippen molar-refractivity contribution in [1.82, 2.24) is 19.5 Å². The summed E-state index contributed by atoms with van der Waals surface area (Å²) >= 11 is 0. The molecule has 5 nitrogen and oxygen atoms in total. The summed E-state index contributed by atoms with van der Waals surface area (Å²) in [5.41, 5.74) is 1.55. The molecule has 0 spiro atoms. The molecule has 0 fully saturated rings. The fraction of sp³-hybridized carbons (Fsp3) is 0.130. The molecule has 0 aliphatic carbocycles. The molecule has 0 radical (unpaired) electrons. The minimum absolute atomic E-state index is 0. The van der Waals surface area contributed by atoms with E-state index in [-0.39, 0.29) is 26.6 Å². The van der Waals surface area contributed by atoms with Gasteiger partial charge in [-0.05, 0) is 37.2 Å². The molecule has 156 valence electrons. The smallest absolute Gasteiger partial charge is 0.434 e. The monoisotopic (exact) mass is 594 g/mol. The number of nitrogens with zero attached hydrogens (tertiary/aromatic N) is 5. The summed E-state index contributed by atoms with van der Waals surface area (Å²) < 4.78 is 28.9. The Hall–Kier alpha value is -3.23. The van der Waals surface area contributed by atoms with Gasteiger partial charge in [0.15, 0.2) is 0 Å². The summed E-state index contributed by atoms with van der Waals surface area (Å²) in [5, 5.41) is 9.02. The van der Waals surface area contributed by atoms with E-state index in [0.717, 1.165) is 11.8 Å². The number of nitriles is 1. The van der Waals surface area contributed by atoms with Gasteiger partial charge in [0.2, 0.25) is 0 Å². The van der Waals surface area contributed by atoms with Gasteiger partial charge in [0.05, 0.1) is 5.82 Å². The number of halogens is 2. The zero-order valence-electron chi connectivity index (χ0n) is 16.5. The van der Waals surface area contributed by atoms with Crippen LogP contribution < -0.4 is 0 Å². The Morgan fingerprint density at radius 1 is 1.00 bits per heavy atom. The number of pyridine rings is 3. The first-order chi connectivity index (χ1) is 14.4. The van der Waals surface area contributed by atoms with Gasteiger partial charge in [-0.25, -0.2) is 14.0 Å². The molecule has 8 heteroatoms. The van der Waals surface area contributed by atoms with Crippen LogP contribution in [0.5, 0.6) is 0 Å². The maximum absolute atomic E-state index is 14.1. The van der Waals surface area contributed by atoms with E-state index in [9.17, 15) is 8.78 Å². The molecule has 0 unspecified atom stereocenters. The van der Waals surface area contributed by atoms with Gasteiger partial charge in [-0.1, -0.05) is 48.3 Å². The van der Waals surface area contributed by atoms with Crippen LogP contribution >= 0.6 is 0 Å². The fourth-order valence-electron chi connectivity index (χ4n) is 3.06. The summed E-state index contributed by atoms with van der Waals surface area (Å²) in [7, 11) is 0. The molecule has 4 rings (SSSR count). The van der Waals surface area contributed by atoms with Crippen LogP contribution in [0.4, 0.5) is 8.78 Å². The Kier molecular flexibility index (Phi) is 6.42. The number of aromatic nitrogens is 4. The van der Waals surface area contributed by atoms with Crippen LogP contribution in [0.15, 0.2) is 54.7 Å². The molecule has 4 aromatic heterocycles. The maximum atomic E-state index is 14.1. The Morgan fingerprint density at radius 3 is 2.39 bits per heavy atom. The van der Waals surface area contributed by atoms with Crippen molar-refractivity contribution in [3.63, 3.8) is 0 Å². The average Bonchev–Trinajstić information content (AvgIpc) is 3.23. The zero-order valence-corrected chi connectivity index (χ0v) is 18.8. The molecule has 4 aromatic rings. The van der Waals surface area contributed by atoms with Crippen molar-refractivity contribution in [1.29, 1.82) is 5.26 Å². The van der Waals surface area contributed by atoms with Gasteiger partial charge in [0.25, 0.3) is 0 Å². The minimum atomic E-state index is -0.964. The van der Waals surface area contributed by atoms with Crippen molar-refractivity contribution in [3.8, 4) is 23.1 Å². The number of hydrogen-bond donors (Lipinski definition) is 0. The second-order valence-electron chi connectivity index (χ2n) is 7.14. The first-order valence-electron chi connectivity index (χ1n) is 9.08. The van der Waals surface area contributed by atoms with Crippen LogP contribution in [-0.2, 0) is 26.5 Å². The molecule has 0 saturated carbocycles. The topological polar surface area (TPSA) is 67.4 Å². The third-order valence-corrected chi connectivity index (χ3v) is 4.77. The molecule has 4 heterocycles. The maximum Gasteiger partial charge on any atom is 2.00 e. The zero-order chi connectivity index (χ0) is 21.3. The third kappa shape index (κ3) is 4.45. The molecular weight excluding hydrogens is 579 g/mol. The Labute approximate surface area is 192 Å². The molecule has 0 aromatic carbocycles. The van der Waals surface area contributed by atoms with Gasteiger partial charge in [-0.3, -0.25) is 9.97 Å². The van der Waals surface area contributed by atoms with Gasteiger partial charge < -0.3 is 9.55 Å². The van der Waals surface area contributed by atoms with Crippen LogP contribution in [0.25, 0.3) is 17.1 Å². The Morgan fingerprint density at radius 2 is 1.71 bits per heavy atom. The first-order valence-corrected chi connectivity index (χ1v) is 9.08. The number of rotatable bonds is 4. The van der Waals surface area contributed by atoms with Crippen LogP contribution in [0.2, 0.25) is 0 Å². The van der Waals surface area contributed by atoms with Gasteiger partial charge in [-0.15, -0.1) is 12.1 Å². The normalized spacial score (nSPS) is 10.9. The summed E-state index contributed by atoms with van der Waals surface area (Å²) in [6, 6.07) is 17.9. The van der Waals surface area contributed by atoms with Crippen molar-refractivity contribution in [3.05, 3.63) is 95.8 Å². The van der Waals surface area contributed by atoms with E-state index in [2.05, 4.69) is 28.3 Å². The molecule has 0 atom stereocenters. The van der Waals surface area contributed by atoms with E-state index in [1.165, 1.54) is 0 Å². The van der Waals surface area contributed by atoms with Gasteiger partial charge >= 0.3 is 21.1 Å². The summed E-state index contributed by atoms with van der Waals surface area (Å²) in [5.74, 6) is -1.29. The van der Waals surface area contributed by atoms with Gasteiger partial charge in [0.1, 0.15) is 11.9 Å². The molecule has 0 bridgehead atoms. The summed E-state index contributed by atoms with van der Waals surface area (Å²) in [4.78, 5) is 12.5. The molecule has 0 aliphatic heterocycles. The van der Waals surface area contributed by atoms with Crippen LogP contribution in [0, 0.1) is 35.5 Å². The van der Waals surface area contributed by atoms with Crippen molar-refractivity contribution >= 4 is 0 Å². The van der Waals surface area contributed by atoms with Crippen molar-refractivity contribution < 1.29 is 29.8 Å². The molecule has 0 amide bonds. The van der Waals surface area contributed by atoms with Crippen molar-refractivity contribution in [2.45, 2.75) is 19.3 Å². The first kappa shape index (κ1) is 22.5. The van der Waals surface area contributed by atoms with E-state index in [4.69, 9.17) is 10.2 Å². The van der Waals surface area contributed by atoms with E-state index in [1.807, 2.05) is 38.1 Å². The van der Waals surface area contributed by atoms with E-state index < -0.39 is 17.3 Å². The van der Waals surface area contributed by atoms with Crippen molar-refractivity contribution in [2.24, 2.45) is 0 Å². The SMILES string of the molecule is CC(C)(c1cccc(-c2[c-]cc(F)nc2F)n1)c1cccc(-n2[c-]cc(C#N)c2)n1.[Pt+2]. The standard InChI is InChI=1S/C23H15F2N5.Pt/c1-23(2,19-7-4-8-21(28-19)30-12-11-15(13-26)14-30)18-6-3-5-17(27-18)16-9-10-20(24)29-22(16)25;/h3-8,10-11,14H,1-2H3;/q-2;+2. The van der Waals surface area contributed by atoms with Crippen LogP contribution in [-0.4, -0.2) is 19.5 Å². The summed E-state index contributed by atoms with van der Waals surface area (Å²) in [6.45, 7) is 3.91. The second-order valence-corrected chi connectivity index (χ2v) is 7.14. The third-order valence-electron chi connectivity index (χ3n) is 4.77. The summed E-state index contributed by atoms with van der Waals surface area (Å²) in [6.07, 6.45) is 4.62. The number of hydrogen-bond acceptors (Lipinski definition) is 4. The van der Waals surface area contributed by atoms with E-state index >= 15 is 0 Å². The Bertz CT molecular complexity index is 1280. The van der Waals surface area contributed by atoms with E-state index in [0.29, 0.717) is 22.8 Å². The quantitative estimate of drug-likeness (QED) is 0.260.